The molecule has 1 atom stereocenters. The Kier molecular flexibility index (Phi) is 4.24. The van der Waals surface area contributed by atoms with E-state index in [4.69, 9.17) is 0 Å². The van der Waals surface area contributed by atoms with Crippen LogP contribution in [-0.4, -0.2) is 11.0 Å². The van der Waals surface area contributed by atoms with Gasteiger partial charge in [0.1, 0.15) is 5.75 Å². The Morgan fingerprint density at radius 3 is 1.86 bits per heavy atom. The van der Waals surface area contributed by atoms with Crippen molar-refractivity contribution >= 4 is 32.1 Å². The smallest absolute Gasteiger partial charge is 0.123 e. The lowest BCUT2D eigenvalue weighted by Gasteiger charge is -2.28. The maximum Gasteiger partial charge on any atom is 0.123 e. The number of hydrogen-bond acceptors (Lipinski definition) is 3. The number of phenols is 1. The summed E-state index contributed by atoms with van der Waals surface area (Å²) >= 11 is 0. The summed E-state index contributed by atoms with van der Waals surface area (Å²) in [5.41, 5.74) is 4.03. The second-order valence-electron chi connectivity index (χ2n) is 7.50. The van der Waals surface area contributed by atoms with Gasteiger partial charge in [0, 0.05) is 16.5 Å². The van der Waals surface area contributed by atoms with E-state index in [1.54, 1.807) is 10.8 Å². The van der Waals surface area contributed by atoms with Crippen LogP contribution in [0.1, 0.15) is 58.2 Å². The molecule has 0 aliphatic carbocycles. The Morgan fingerprint density at radius 1 is 1.05 bits per heavy atom. The summed E-state index contributed by atoms with van der Waals surface area (Å²) in [4.78, 5) is 0. The van der Waals surface area contributed by atoms with Crippen molar-refractivity contribution in [2.75, 3.05) is 0 Å². The molecule has 1 heterocycles. The molecule has 0 saturated heterocycles. The van der Waals surface area contributed by atoms with E-state index >= 15 is 0 Å². The minimum Gasteiger partial charge on any atom is -0.507 e. The predicted molar refractivity (Wildman–Crippen MR) is 98.9 cm³/mol. The second kappa shape index (κ2) is 5.40. The number of rotatable bonds is 1. The third-order valence-corrected chi connectivity index (χ3v) is 5.79. The molecule has 0 radical (unpaired) electrons. The molecule has 21 heavy (non-hydrogen) atoms. The van der Waals surface area contributed by atoms with Crippen LogP contribution in [0, 0.1) is 0 Å². The Balaban J connectivity index is 2.66. The summed E-state index contributed by atoms with van der Waals surface area (Å²) in [6.07, 6.45) is 0. The van der Waals surface area contributed by atoms with Crippen molar-refractivity contribution in [2.24, 2.45) is 0 Å². The number of hydrogen-bond donors (Lipinski definition) is 2. The highest BCUT2D eigenvalue weighted by atomic mass is 33.1. The van der Waals surface area contributed by atoms with E-state index in [-0.39, 0.29) is 20.5 Å². The summed E-state index contributed by atoms with van der Waals surface area (Å²) in [7, 11) is 1.61. The number of nitrogens with one attached hydrogen (secondary N) is 1. The highest BCUT2D eigenvalue weighted by Gasteiger charge is 2.27. The lowest BCUT2D eigenvalue weighted by Crippen LogP contribution is -2.18. The standard InChI is InChI=1S/C17H25NOS2/c1-16(2,3)12-8-11(14-10-20-21(7)18-14)9-13(15(12)19)17(4,5)6/h8-10,18-19H,7H2,1-6H3. The Labute approximate surface area is 134 Å². The van der Waals surface area contributed by atoms with Crippen molar-refractivity contribution in [3.8, 4) is 5.75 Å². The molecule has 2 rings (SSSR count). The van der Waals surface area contributed by atoms with Crippen LogP contribution in [0.2, 0.25) is 0 Å². The number of phenolic OH excluding ortho intramolecular Hbond substituents is 1. The molecule has 1 aromatic carbocycles. The molecule has 1 unspecified atom stereocenters. The fourth-order valence-corrected chi connectivity index (χ4v) is 4.34. The molecule has 2 nitrogen and oxygen atoms in total. The molecule has 1 aliphatic heterocycles. The minimum atomic E-state index is -0.103. The molecule has 0 spiro atoms. The van der Waals surface area contributed by atoms with Gasteiger partial charge in [0.25, 0.3) is 0 Å². The van der Waals surface area contributed by atoms with Gasteiger partial charge in [0.05, 0.1) is 5.70 Å². The fraction of sp³-hybridized carbons (Fsp3) is 0.471. The quantitative estimate of drug-likeness (QED) is 0.553. The lowest BCUT2D eigenvalue weighted by molar-refractivity contribution is 0.423. The zero-order chi connectivity index (χ0) is 16.0. The van der Waals surface area contributed by atoms with Gasteiger partial charge in [-0.25, -0.2) is 0 Å². The molecule has 4 heteroatoms. The summed E-state index contributed by atoms with van der Waals surface area (Å²) in [5.74, 6) is 4.48. The van der Waals surface area contributed by atoms with Crippen LogP contribution in [0.3, 0.4) is 0 Å². The van der Waals surface area contributed by atoms with Crippen molar-refractivity contribution in [3.05, 3.63) is 34.2 Å². The topological polar surface area (TPSA) is 32.3 Å². The van der Waals surface area contributed by atoms with E-state index in [1.807, 2.05) is 0 Å². The maximum absolute atomic E-state index is 10.7. The summed E-state index contributed by atoms with van der Waals surface area (Å²) in [6.45, 7) is 12.8. The lowest BCUT2D eigenvalue weighted by atomic mass is 9.78. The average Bonchev–Trinajstić information content (AvgIpc) is 2.73. The molecule has 1 aliphatic rings. The van der Waals surface area contributed by atoms with Crippen molar-refractivity contribution in [2.45, 2.75) is 52.4 Å². The van der Waals surface area contributed by atoms with Gasteiger partial charge < -0.3 is 9.83 Å². The summed E-state index contributed by atoms with van der Waals surface area (Å²) < 4.78 is 3.41. The van der Waals surface area contributed by atoms with Gasteiger partial charge in [-0.3, -0.25) is 0 Å². The zero-order valence-electron chi connectivity index (χ0n) is 13.7. The van der Waals surface area contributed by atoms with E-state index in [0.717, 1.165) is 22.4 Å². The normalized spacial score (nSPS) is 19.3. The van der Waals surface area contributed by atoms with Gasteiger partial charge in [-0.15, -0.1) is 0 Å². The molecule has 0 bridgehead atoms. The zero-order valence-corrected chi connectivity index (χ0v) is 15.3. The first kappa shape index (κ1) is 16.5. The van der Waals surface area contributed by atoms with Gasteiger partial charge in [-0.2, -0.15) is 0 Å². The highest BCUT2D eigenvalue weighted by Crippen LogP contribution is 2.43. The van der Waals surface area contributed by atoms with Crippen LogP contribution in [0.25, 0.3) is 5.70 Å². The molecule has 0 saturated carbocycles. The maximum atomic E-state index is 10.7. The molecule has 0 aromatic heterocycles. The molecule has 0 amide bonds. The van der Waals surface area contributed by atoms with E-state index in [2.05, 4.69) is 69.7 Å². The number of benzene rings is 1. The van der Waals surface area contributed by atoms with Gasteiger partial charge in [0.2, 0.25) is 0 Å². The first-order valence-corrected chi connectivity index (χ1v) is 9.85. The molecular formula is C17H25NOS2. The van der Waals surface area contributed by atoms with Crippen molar-refractivity contribution < 1.29 is 5.11 Å². The van der Waals surface area contributed by atoms with Gasteiger partial charge in [-0.05, 0) is 54.9 Å². The van der Waals surface area contributed by atoms with Crippen LogP contribution in [-0.2, 0) is 10.8 Å². The molecule has 2 N–H and O–H groups in total. The number of aromatic hydroxyl groups is 1. The van der Waals surface area contributed by atoms with Crippen LogP contribution in [0.15, 0.2) is 17.5 Å². The van der Waals surface area contributed by atoms with E-state index < -0.39 is 0 Å². The van der Waals surface area contributed by atoms with Gasteiger partial charge in [-0.1, -0.05) is 41.5 Å². The van der Waals surface area contributed by atoms with E-state index in [9.17, 15) is 5.11 Å². The van der Waals surface area contributed by atoms with Gasteiger partial charge >= 0.3 is 0 Å². The van der Waals surface area contributed by atoms with Crippen LogP contribution in [0.4, 0.5) is 0 Å². The predicted octanol–water partition coefficient (Wildman–Crippen LogP) is 5.15. The van der Waals surface area contributed by atoms with Crippen molar-refractivity contribution in [1.82, 2.24) is 4.72 Å². The third-order valence-electron chi connectivity index (χ3n) is 3.54. The summed E-state index contributed by atoms with van der Waals surface area (Å²) in [6, 6.07) is 4.21. The first-order chi connectivity index (χ1) is 9.50. The SMILES string of the molecule is C=S1NC(c2cc(C(C)(C)C)c(O)c(C(C)(C)C)c2)=CS1. The van der Waals surface area contributed by atoms with Crippen LogP contribution >= 0.6 is 20.5 Å². The second-order valence-corrected chi connectivity index (χ2v) is 10.6. The van der Waals surface area contributed by atoms with Crippen molar-refractivity contribution in [3.63, 3.8) is 0 Å². The third kappa shape index (κ3) is 3.49. The van der Waals surface area contributed by atoms with Crippen LogP contribution in [0.5, 0.6) is 5.75 Å². The molecule has 0 fully saturated rings. The minimum absolute atomic E-state index is 0.0987. The average molecular weight is 324 g/mol. The molecular weight excluding hydrogens is 298 g/mol. The first-order valence-electron chi connectivity index (χ1n) is 7.06. The fourth-order valence-electron chi connectivity index (χ4n) is 2.34. The largest absolute Gasteiger partial charge is 0.507 e. The Morgan fingerprint density at radius 2 is 1.52 bits per heavy atom. The molecule has 1 aromatic rings. The highest BCUT2D eigenvalue weighted by molar-refractivity contribution is 8.84. The Hall–Kier alpha value is -0.870. The van der Waals surface area contributed by atoms with Gasteiger partial charge in [0.15, 0.2) is 0 Å². The van der Waals surface area contributed by atoms with Crippen molar-refractivity contribution in [1.29, 1.82) is 0 Å². The summed E-state index contributed by atoms with van der Waals surface area (Å²) in [5, 5.41) is 12.8. The van der Waals surface area contributed by atoms with E-state index in [0.29, 0.717) is 5.75 Å². The Bertz CT molecular complexity index is 584. The monoisotopic (exact) mass is 323 g/mol. The van der Waals surface area contributed by atoms with Crippen LogP contribution < -0.4 is 4.72 Å². The van der Waals surface area contributed by atoms with E-state index in [1.165, 1.54) is 0 Å². The molecule has 116 valence electrons.